The number of carbonyl (C=O) groups excluding carboxylic acids is 1. The number of rotatable bonds is 5. The van der Waals surface area contributed by atoms with E-state index in [0.717, 1.165) is 21.3 Å². The molecule has 2 aromatic carbocycles. The highest BCUT2D eigenvalue weighted by Gasteiger charge is 2.13. The summed E-state index contributed by atoms with van der Waals surface area (Å²) in [6.07, 6.45) is 0. The molecule has 0 fully saturated rings. The lowest BCUT2D eigenvalue weighted by Gasteiger charge is -2.03. The fourth-order valence-corrected chi connectivity index (χ4v) is 4.67. The van der Waals surface area contributed by atoms with Gasteiger partial charge in [0.05, 0.1) is 21.7 Å². The number of carbonyl (C=O) groups is 1. The van der Waals surface area contributed by atoms with E-state index in [9.17, 15) is 9.18 Å². The fourth-order valence-electron chi connectivity index (χ4n) is 3.00. The third kappa shape index (κ3) is 4.12. The third-order valence-electron chi connectivity index (χ3n) is 4.50. The molecule has 3 heterocycles. The van der Waals surface area contributed by atoms with Crippen LogP contribution in [-0.4, -0.2) is 36.5 Å². The van der Waals surface area contributed by atoms with Crippen molar-refractivity contribution in [1.29, 1.82) is 0 Å². The first-order valence-electron chi connectivity index (χ1n) is 9.33. The molecule has 1 amide bonds. The lowest BCUT2D eigenvalue weighted by atomic mass is 10.1. The Bertz CT molecular complexity index is 1410. The van der Waals surface area contributed by atoms with E-state index in [1.165, 1.54) is 35.2 Å². The van der Waals surface area contributed by atoms with Crippen LogP contribution in [0.25, 0.3) is 27.1 Å². The van der Waals surface area contributed by atoms with Gasteiger partial charge in [0, 0.05) is 5.56 Å². The monoisotopic (exact) mass is 450 g/mol. The highest BCUT2D eigenvalue weighted by Crippen LogP contribution is 2.27. The maximum absolute atomic E-state index is 13.2. The van der Waals surface area contributed by atoms with Gasteiger partial charge in [-0.05, 0) is 61.0 Å². The van der Waals surface area contributed by atoms with Crippen LogP contribution < -0.4 is 5.32 Å². The molecule has 0 saturated carbocycles. The number of aromatic nitrogens is 5. The Balaban J connectivity index is 1.31. The van der Waals surface area contributed by atoms with Crippen LogP contribution in [0.4, 0.5) is 9.52 Å². The van der Waals surface area contributed by atoms with Crippen LogP contribution in [0.1, 0.15) is 5.56 Å². The summed E-state index contributed by atoms with van der Waals surface area (Å²) >= 11 is 2.67. The summed E-state index contributed by atoms with van der Waals surface area (Å²) < 4.78 is 15.8. The van der Waals surface area contributed by atoms with Gasteiger partial charge in [0.1, 0.15) is 5.82 Å². The Morgan fingerprint density at radius 2 is 1.97 bits per heavy atom. The van der Waals surface area contributed by atoms with Crippen LogP contribution in [0.2, 0.25) is 0 Å². The molecule has 1 N–H and O–H groups in total. The van der Waals surface area contributed by atoms with Crippen molar-refractivity contribution in [2.24, 2.45) is 0 Å². The maximum atomic E-state index is 13.2. The zero-order chi connectivity index (χ0) is 21.4. The standard InChI is InChI=1S/C21H15FN6OS2/c1-12-2-7-16-17(10-12)31-20(23-16)24-19(29)11-30-21-26-25-18-9-8-15(27-28(18)21)13-3-5-14(22)6-4-13/h2-10H,11H2,1H3,(H,23,24,29). The van der Waals surface area contributed by atoms with E-state index in [2.05, 4.69) is 25.6 Å². The summed E-state index contributed by atoms with van der Waals surface area (Å²) in [6.45, 7) is 2.02. The van der Waals surface area contributed by atoms with E-state index in [0.29, 0.717) is 21.6 Å². The smallest absolute Gasteiger partial charge is 0.236 e. The van der Waals surface area contributed by atoms with E-state index in [1.54, 1.807) is 28.8 Å². The molecule has 0 spiro atoms. The van der Waals surface area contributed by atoms with Crippen LogP contribution in [0.15, 0.2) is 59.8 Å². The Labute approximate surface area is 184 Å². The average Bonchev–Trinajstić information content (AvgIpc) is 3.35. The molecule has 10 heteroatoms. The van der Waals surface area contributed by atoms with Crippen LogP contribution in [-0.2, 0) is 4.79 Å². The summed E-state index contributed by atoms with van der Waals surface area (Å²) in [5, 5.41) is 16.7. The van der Waals surface area contributed by atoms with Gasteiger partial charge in [-0.15, -0.1) is 10.2 Å². The molecule has 154 valence electrons. The summed E-state index contributed by atoms with van der Waals surface area (Å²) in [6, 6.07) is 15.7. The molecule has 5 aromatic rings. The average molecular weight is 451 g/mol. The zero-order valence-corrected chi connectivity index (χ0v) is 17.9. The molecular weight excluding hydrogens is 435 g/mol. The number of aryl methyl sites for hydroxylation is 1. The predicted molar refractivity (Wildman–Crippen MR) is 120 cm³/mol. The molecule has 0 bridgehead atoms. The highest BCUT2D eigenvalue weighted by molar-refractivity contribution is 7.99. The Morgan fingerprint density at radius 3 is 2.81 bits per heavy atom. The van der Waals surface area contributed by atoms with E-state index in [-0.39, 0.29) is 17.5 Å². The highest BCUT2D eigenvalue weighted by atomic mass is 32.2. The molecule has 7 nitrogen and oxygen atoms in total. The van der Waals surface area contributed by atoms with Crippen LogP contribution >= 0.6 is 23.1 Å². The molecule has 0 saturated heterocycles. The Morgan fingerprint density at radius 1 is 1.13 bits per heavy atom. The van der Waals surface area contributed by atoms with Crippen molar-refractivity contribution in [2.45, 2.75) is 12.1 Å². The number of nitrogens with zero attached hydrogens (tertiary/aromatic N) is 5. The predicted octanol–water partition coefficient (Wildman–Crippen LogP) is 4.58. The van der Waals surface area contributed by atoms with E-state index < -0.39 is 0 Å². The number of thiazole rings is 1. The van der Waals surface area contributed by atoms with Crippen molar-refractivity contribution < 1.29 is 9.18 Å². The maximum Gasteiger partial charge on any atom is 0.236 e. The van der Waals surface area contributed by atoms with Crippen molar-refractivity contribution >= 4 is 50.0 Å². The molecule has 0 aliphatic rings. The summed E-state index contributed by atoms with van der Waals surface area (Å²) in [4.78, 5) is 16.9. The number of amides is 1. The molecule has 5 rings (SSSR count). The first-order chi connectivity index (χ1) is 15.0. The second-order valence-corrected chi connectivity index (χ2v) is 8.78. The van der Waals surface area contributed by atoms with Crippen molar-refractivity contribution in [3.8, 4) is 11.3 Å². The number of benzene rings is 2. The zero-order valence-electron chi connectivity index (χ0n) is 16.2. The van der Waals surface area contributed by atoms with Crippen molar-refractivity contribution in [2.75, 3.05) is 11.1 Å². The molecule has 31 heavy (non-hydrogen) atoms. The van der Waals surface area contributed by atoms with Crippen molar-refractivity contribution in [3.05, 3.63) is 66.0 Å². The SMILES string of the molecule is Cc1ccc2nc(NC(=O)CSc3nnc4ccc(-c5ccc(F)cc5)nn34)sc2c1. The molecule has 0 unspecified atom stereocenters. The number of thioether (sulfide) groups is 1. The number of hydrogen-bond donors (Lipinski definition) is 1. The van der Waals surface area contributed by atoms with Crippen LogP contribution in [0, 0.1) is 12.7 Å². The quantitative estimate of drug-likeness (QED) is 0.395. The Hall–Kier alpha value is -3.37. The largest absolute Gasteiger partial charge is 0.301 e. The van der Waals surface area contributed by atoms with Gasteiger partial charge >= 0.3 is 0 Å². The van der Waals surface area contributed by atoms with Gasteiger partial charge in [-0.2, -0.15) is 9.61 Å². The second kappa shape index (κ2) is 8.05. The number of hydrogen-bond acceptors (Lipinski definition) is 7. The molecular formula is C21H15FN6OS2. The molecule has 0 aliphatic heterocycles. The van der Waals surface area contributed by atoms with Gasteiger partial charge < -0.3 is 5.32 Å². The first-order valence-corrected chi connectivity index (χ1v) is 11.1. The van der Waals surface area contributed by atoms with Crippen LogP contribution in [0.5, 0.6) is 0 Å². The van der Waals surface area contributed by atoms with Gasteiger partial charge in [-0.3, -0.25) is 4.79 Å². The van der Waals surface area contributed by atoms with E-state index >= 15 is 0 Å². The van der Waals surface area contributed by atoms with Gasteiger partial charge in [0.15, 0.2) is 10.8 Å². The number of fused-ring (bicyclic) bond motifs is 2. The summed E-state index contributed by atoms with van der Waals surface area (Å²) in [5.74, 6) is -0.357. The number of anilines is 1. The molecule has 0 aliphatic carbocycles. The van der Waals surface area contributed by atoms with Crippen LogP contribution in [0.3, 0.4) is 0 Å². The van der Waals surface area contributed by atoms with E-state index in [4.69, 9.17) is 0 Å². The van der Waals surface area contributed by atoms with Gasteiger partial charge in [-0.1, -0.05) is 29.2 Å². The lowest BCUT2D eigenvalue weighted by Crippen LogP contribution is -2.14. The minimum Gasteiger partial charge on any atom is -0.301 e. The number of nitrogens with one attached hydrogen (secondary N) is 1. The van der Waals surface area contributed by atoms with E-state index in [1.807, 2.05) is 25.1 Å². The van der Waals surface area contributed by atoms with Gasteiger partial charge in [-0.25, -0.2) is 9.37 Å². The summed E-state index contributed by atoms with van der Waals surface area (Å²) in [7, 11) is 0. The third-order valence-corrected chi connectivity index (χ3v) is 6.35. The topological polar surface area (TPSA) is 85.1 Å². The first kappa shape index (κ1) is 19.6. The minimum absolute atomic E-state index is 0.137. The fraction of sp³-hybridized carbons (Fsp3) is 0.0952. The van der Waals surface area contributed by atoms with Crippen molar-refractivity contribution in [3.63, 3.8) is 0 Å². The summed E-state index contributed by atoms with van der Waals surface area (Å²) in [5.41, 5.74) is 4.01. The minimum atomic E-state index is -0.306. The molecule has 3 aromatic heterocycles. The second-order valence-electron chi connectivity index (χ2n) is 6.81. The molecule has 0 radical (unpaired) electrons. The lowest BCUT2D eigenvalue weighted by molar-refractivity contribution is -0.113. The van der Waals surface area contributed by atoms with Gasteiger partial charge in [0.2, 0.25) is 11.1 Å². The number of halogens is 1. The van der Waals surface area contributed by atoms with Crippen molar-refractivity contribution in [1.82, 2.24) is 24.8 Å². The Kier molecular flexibility index (Phi) is 5.08. The van der Waals surface area contributed by atoms with Gasteiger partial charge in [0.25, 0.3) is 0 Å². The molecule has 0 atom stereocenters. The normalized spacial score (nSPS) is 11.3.